The van der Waals surface area contributed by atoms with Crippen molar-refractivity contribution in [3.05, 3.63) is 35.9 Å². The molecule has 11 heteroatoms. The number of hydrogen-bond acceptors (Lipinski definition) is 7. The van der Waals surface area contributed by atoms with E-state index in [1.54, 1.807) is 30.3 Å². The third kappa shape index (κ3) is 9.27. The van der Waals surface area contributed by atoms with Gasteiger partial charge >= 0.3 is 5.97 Å². The highest BCUT2D eigenvalue weighted by atomic mass is 16.4. The van der Waals surface area contributed by atoms with Crippen molar-refractivity contribution < 1.29 is 29.4 Å². The number of hydrogen-bond donors (Lipinski definition) is 7. The largest absolute Gasteiger partial charge is 0.480 e. The van der Waals surface area contributed by atoms with E-state index < -0.39 is 42.0 Å². The average molecular weight is 492 g/mol. The van der Waals surface area contributed by atoms with Crippen LogP contribution < -0.4 is 27.0 Å². The summed E-state index contributed by atoms with van der Waals surface area (Å²) < 4.78 is 0. The lowest BCUT2D eigenvalue weighted by Crippen LogP contribution is -2.60. The number of aliphatic hydroxyl groups excluding tert-OH is 1. The molecule has 1 heterocycles. The Morgan fingerprint density at radius 1 is 1.06 bits per heavy atom. The zero-order valence-electron chi connectivity index (χ0n) is 20.0. The van der Waals surface area contributed by atoms with Gasteiger partial charge in [0.15, 0.2) is 0 Å². The molecule has 0 spiro atoms. The minimum absolute atomic E-state index is 0.0363. The van der Waals surface area contributed by atoms with Gasteiger partial charge in [-0.25, -0.2) is 4.79 Å². The van der Waals surface area contributed by atoms with Crippen LogP contribution in [0.25, 0.3) is 0 Å². The van der Waals surface area contributed by atoms with Gasteiger partial charge in [0.25, 0.3) is 0 Å². The molecule has 194 valence electrons. The Hall–Kier alpha value is -3.02. The topological polar surface area (TPSA) is 183 Å². The van der Waals surface area contributed by atoms with E-state index in [4.69, 9.17) is 5.73 Å². The molecular weight excluding hydrogens is 454 g/mol. The normalized spacial score (nSPS) is 18.7. The lowest BCUT2D eigenvalue weighted by Gasteiger charge is -2.26. The molecule has 0 aromatic heterocycles. The van der Waals surface area contributed by atoms with Crippen LogP contribution in [0.5, 0.6) is 0 Å². The van der Waals surface area contributed by atoms with Gasteiger partial charge in [0, 0.05) is 6.42 Å². The maximum atomic E-state index is 13.0. The molecule has 8 N–H and O–H groups in total. The van der Waals surface area contributed by atoms with Crippen LogP contribution in [-0.2, 0) is 25.6 Å². The van der Waals surface area contributed by atoms with E-state index in [1.165, 1.54) is 6.92 Å². The summed E-state index contributed by atoms with van der Waals surface area (Å²) in [6.07, 6.45) is 1.80. The second-order valence-corrected chi connectivity index (χ2v) is 8.81. The summed E-state index contributed by atoms with van der Waals surface area (Å²) in [6.45, 7) is 2.48. The number of nitrogens with one attached hydrogen (secondary N) is 4. The van der Waals surface area contributed by atoms with Crippen molar-refractivity contribution in [1.82, 2.24) is 21.3 Å². The lowest BCUT2D eigenvalue weighted by molar-refractivity contribution is -0.143. The van der Waals surface area contributed by atoms with Gasteiger partial charge in [0.1, 0.15) is 18.1 Å². The van der Waals surface area contributed by atoms with Crippen LogP contribution in [0.3, 0.4) is 0 Å². The van der Waals surface area contributed by atoms with E-state index >= 15 is 0 Å². The highest BCUT2D eigenvalue weighted by Crippen LogP contribution is 2.09. The first-order chi connectivity index (χ1) is 16.7. The molecule has 1 aromatic carbocycles. The SMILES string of the molecule is CC(O)C(NC(=O)C(CCCCN)NC(=O)C1CCCN1)C(=O)NC(Cc1ccccc1)C(=O)O. The molecule has 1 fully saturated rings. The number of rotatable bonds is 14. The van der Waals surface area contributed by atoms with Crippen molar-refractivity contribution in [2.24, 2.45) is 5.73 Å². The summed E-state index contributed by atoms with van der Waals surface area (Å²) in [6, 6.07) is 4.82. The molecule has 0 radical (unpaired) electrons. The summed E-state index contributed by atoms with van der Waals surface area (Å²) in [7, 11) is 0. The minimum atomic E-state index is -1.40. The Morgan fingerprint density at radius 2 is 1.77 bits per heavy atom. The van der Waals surface area contributed by atoms with Crippen LogP contribution >= 0.6 is 0 Å². The van der Waals surface area contributed by atoms with Gasteiger partial charge in [-0.05, 0) is 57.7 Å². The number of aliphatic hydroxyl groups is 1. The summed E-state index contributed by atoms with van der Waals surface area (Å²) in [5, 5.41) is 30.4. The van der Waals surface area contributed by atoms with Crippen molar-refractivity contribution in [3.63, 3.8) is 0 Å². The fourth-order valence-corrected chi connectivity index (χ4v) is 3.91. The number of carbonyl (C=O) groups is 4. The van der Waals surface area contributed by atoms with E-state index in [-0.39, 0.29) is 18.4 Å². The summed E-state index contributed by atoms with van der Waals surface area (Å²) in [4.78, 5) is 50.2. The van der Waals surface area contributed by atoms with Crippen molar-refractivity contribution in [2.75, 3.05) is 13.1 Å². The van der Waals surface area contributed by atoms with E-state index in [0.29, 0.717) is 37.8 Å². The van der Waals surface area contributed by atoms with Crippen LogP contribution in [0.4, 0.5) is 0 Å². The van der Waals surface area contributed by atoms with E-state index in [0.717, 1.165) is 13.0 Å². The standard InChI is InChI=1S/C24H37N5O6/c1-15(30)20(23(33)28-19(24(34)35)14-16-8-3-2-4-9-16)29-22(32)18(10-5-6-12-25)27-21(31)17-11-7-13-26-17/h2-4,8-9,15,17-20,26,30H,5-7,10-14,25H2,1H3,(H,27,31)(H,28,33)(H,29,32)(H,34,35). The molecule has 35 heavy (non-hydrogen) atoms. The molecule has 1 aliphatic rings. The van der Waals surface area contributed by atoms with Crippen molar-refractivity contribution in [1.29, 1.82) is 0 Å². The van der Waals surface area contributed by atoms with Crippen LogP contribution in [0.1, 0.15) is 44.6 Å². The maximum Gasteiger partial charge on any atom is 0.326 e. The van der Waals surface area contributed by atoms with Crippen molar-refractivity contribution >= 4 is 23.7 Å². The number of unbranched alkanes of at least 4 members (excludes halogenated alkanes) is 1. The van der Waals surface area contributed by atoms with Crippen LogP contribution in [0.15, 0.2) is 30.3 Å². The van der Waals surface area contributed by atoms with Gasteiger partial charge in [0.05, 0.1) is 12.1 Å². The van der Waals surface area contributed by atoms with Gasteiger partial charge in [-0.1, -0.05) is 30.3 Å². The van der Waals surface area contributed by atoms with Crippen molar-refractivity contribution in [2.45, 2.75) is 75.7 Å². The van der Waals surface area contributed by atoms with Gasteiger partial charge in [-0.3, -0.25) is 14.4 Å². The number of amides is 3. The third-order valence-electron chi connectivity index (χ3n) is 5.92. The predicted octanol–water partition coefficient (Wildman–Crippen LogP) is -0.970. The van der Waals surface area contributed by atoms with Crippen LogP contribution in [0, 0.1) is 0 Å². The number of aliphatic carboxylic acids is 1. The van der Waals surface area contributed by atoms with E-state index in [2.05, 4.69) is 21.3 Å². The molecule has 3 amide bonds. The van der Waals surface area contributed by atoms with Gasteiger partial charge in [-0.15, -0.1) is 0 Å². The Kier molecular flexibility index (Phi) is 11.6. The molecule has 0 saturated carbocycles. The number of nitrogens with two attached hydrogens (primary N) is 1. The summed E-state index contributed by atoms with van der Waals surface area (Å²) in [5.41, 5.74) is 6.26. The minimum Gasteiger partial charge on any atom is -0.480 e. The molecule has 1 saturated heterocycles. The molecular formula is C24H37N5O6. The second-order valence-electron chi connectivity index (χ2n) is 8.81. The fraction of sp³-hybridized carbons (Fsp3) is 0.583. The molecule has 2 rings (SSSR count). The van der Waals surface area contributed by atoms with E-state index in [9.17, 15) is 29.4 Å². The average Bonchev–Trinajstić information content (AvgIpc) is 3.37. The zero-order valence-corrected chi connectivity index (χ0v) is 20.0. The smallest absolute Gasteiger partial charge is 0.326 e. The Bertz CT molecular complexity index is 844. The number of carboxylic acids is 1. The number of carboxylic acid groups (broad SMARTS) is 1. The molecule has 11 nitrogen and oxygen atoms in total. The summed E-state index contributed by atoms with van der Waals surface area (Å²) in [5.74, 6) is -3.01. The molecule has 0 bridgehead atoms. The molecule has 0 aliphatic carbocycles. The highest BCUT2D eigenvalue weighted by molar-refractivity contribution is 5.94. The first-order valence-electron chi connectivity index (χ1n) is 12.0. The monoisotopic (exact) mass is 491 g/mol. The highest BCUT2D eigenvalue weighted by Gasteiger charge is 2.33. The van der Waals surface area contributed by atoms with Crippen LogP contribution in [-0.4, -0.2) is 77.3 Å². The van der Waals surface area contributed by atoms with Gasteiger partial charge in [0.2, 0.25) is 17.7 Å². The molecule has 5 atom stereocenters. The van der Waals surface area contributed by atoms with Crippen molar-refractivity contribution in [3.8, 4) is 0 Å². The molecule has 1 aliphatic heterocycles. The zero-order chi connectivity index (χ0) is 25.8. The third-order valence-corrected chi connectivity index (χ3v) is 5.92. The Balaban J connectivity index is 2.07. The first-order valence-corrected chi connectivity index (χ1v) is 12.0. The maximum absolute atomic E-state index is 13.0. The fourth-order valence-electron chi connectivity index (χ4n) is 3.91. The molecule has 5 unspecified atom stereocenters. The quantitative estimate of drug-likeness (QED) is 0.162. The second kappa shape index (κ2) is 14.4. The number of carbonyl (C=O) groups excluding carboxylic acids is 3. The number of benzene rings is 1. The Labute approximate surface area is 205 Å². The van der Waals surface area contributed by atoms with Crippen LogP contribution in [0.2, 0.25) is 0 Å². The van der Waals surface area contributed by atoms with E-state index in [1.807, 2.05) is 0 Å². The predicted molar refractivity (Wildman–Crippen MR) is 129 cm³/mol. The first kappa shape index (κ1) is 28.2. The lowest BCUT2D eigenvalue weighted by atomic mass is 10.0. The van der Waals surface area contributed by atoms with Gasteiger partial charge in [-0.2, -0.15) is 0 Å². The van der Waals surface area contributed by atoms with Gasteiger partial charge < -0.3 is 37.2 Å². The Morgan fingerprint density at radius 3 is 2.34 bits per heavy atom. The molecule has 1 aromatic rings. The summed E-state index contributed by atoms with van der Waals surface area (Å²) >= 11 is 0.